The van der Waals surface area contributed by atoms with Crippen LogP contribution in [0.2, 0.25) is 0 Å². The lowest BCUT2D eigenvalue weighted by molar-refractivity contribution is 0.0355. The molecule has 0 spiro atoms. The van der Waals surface area contributed by atoms with Crippen molar-refractivity contribution in [2.45, 2.75) is 64.0 Å². The molecular formula is C13H27NO2. The standard InChI is InChI=1S/C13H27NO2/c1-12(16)13-8-4-6-10-14(13)9-5-2-3-7-11-15/h12-13,15-16H,2-11H2,1H3. The molecule has 0 amide bonds. The molecule has 1 aliphatic heterocycles. The van der Waals surface area contributed by atoms with E-state index in [0.717, 1.165) is 32.4 Å². The minimum Gasteiger partial charge on any atom is -0.396 e. The molecule has 0 aliphatic carbocycles. The third-order valence-corrected chi connectivity index (χ3v) is 3.57. The van der Waals surface area contributed by atoms with Crippen LogP contribution in [0.25, 0.3) is 0 Å². The molecule has 1 fully saturated rings. The van der Waals surface area contributed by atoms with Gasteiger partial charge in [-0.25, -0.2) is 0 Å². The van der Waals surface area contributed by atoms with Gasteiger partial charge in [0, 0.05) is 12.6 Å². The number of nitrogens with zero attached hydrogens (tertiary/aromatic N) is 1. The summed E-state index contributed by atoms with van der Waals surface area (Å²) < 4.78 is 0. The van der Waals surface area contributed by atoms with Gasteiger partial charge >= 0.3 is 0 Å². The quantitative estimate of drug-likeness (QED) is 0.654. The molecule has 0 aromatic rings. The van der Waals surface area contributed by atoms with Crippen LogP contribution in [0.1, 0.15) is 51.9 Å². The maximum absolute atomic E-state index is 9.71. The van der Waals surface area contributed by atoms with Gasteiger partial charge in [0.2, 0.25) is 0 Å². The van der Waals surface area contributed by atoms with Gasteiger partial charge in [-0.2, -0.15) is 0 Å². The van der Waals surface area contributed by atoms with Gasteiger partial charge in [-0.3, -0.25) is 4.90 Å². The summed E-state index contributed by atoms with van der Waals surface area (Å²) in [5.41, 5.74) is 0. The zero-order valence-corrected chi connectivity index (χ0v) is 10.6. The summed E-state index contributed by atoms with van der Waals surface area (Å²) >= 11 is 0. The molecule has 3 nitrogen and oxygen atoms in total. The van der Waals surface area contributed by atoms with Crippen LogP contribution in [0, 0.1) is 0 Å². The van der Waals surface area contributed by atoms with Crippen molar-refractivity contribution in [2.24, 2.45) is 0 Å². The van der Waals surface area contributed by atoms with E-state index in [2.05, 4.69) is 4.90 Å². The molecule has 1 rings (SSSR count). The molecule has 2 N–H and O–H groups in total. The highest BCUT2D eigenvalue weighted by atomic mass is 16.3. The average molecular weight is 229 g/mol. The molecule has 1 aliphatic rings. The first-order valence-corrected chi connectivity index (χ1v) is 6.78. The van der Waals surface area contributed by atoms with Crippen molar-refractivity contribution in [3.8, 4) is 0 Å². The van der Waals surface area contributed by atoms with Crippen LogP contribution in [0.15, 0.2) is 0 Å². The van der Waals surface area contributed by atoms with Crippen LogP contribution in [0.3, 0.4) is 0 Å². The molecule has 2 atom stereocenters. The summed E-state index contributed by atoms with van der Waals surface area (Å²) in [5, 5.41) is 18.4. The van der Waals surface area contributed by atoms with Crippen LogP contribution in [-0.4, -0.2) is 47.0 Å². The molecule has 0 aromatic heterocycles. The van der Waals surface area contributed by atoms with E-state index in [9.17, 15) is 5.11 Å². The minimum absolute atomic E-state index is 0.197. The van der Waals surface area contributed by atoms with Crippen molar-refractivity contribution in [3.63, 3.8) is 0 Å². The van der Waals surface area contributed by atoms with E-state index in [4.69, 9.17) is 5.11 Å². The second-order valence-corrected chi connectivity index (χ2v) is 4.98. The molecular weight excluding hydrogens is 202 g/mol. The third-order valence-electron chi connectivity index (χ3n) is 3.57. The summed E-state index contributed by atoms with van der Waals surface area (Å²) in [6, 6.07) is 0.381. The molecule has 0 saturated carbocycles. The van der Waals surface area contributed by atoms with Crippen LogP contribution in [-0.2, 0) is 0 Å². The number of aliphatic hydroxyl groups is 2. The molecule has 1 heterocycles. The minimum atomic E-state index is -0.197. The van der Waals surface area contributed by atoms with Crippen LogP contribution in [0.5, 0.6) is 0 Å². The highest BCUT2D eigenvalue weighted by Crippen LogP contribution is 2.20. The lowest BCUT2D eigenvalue weighted by Gasteiger charge is -2.37. The van der Waals surface area contributed by atoms with E-state index in [1.807, 2.05) is 6.92 Å². The van der Waals surface area contributed by atoms with E-state index in [1.165, 1.54) is 25.7 Å². The maximum atomic E-state index is 9.71. The molecule has 1 saturated heterocycles. The predicted molar refractivity (Wildman–Crippen MR) is 66.4 cm³/mol. The Kier molecular flexibility index (Phi) is 7.01. The summed E-state index contributed by atoms with van der Waals surface area (Å²) in [5.74, 6) is 0. The molecule has 0 aromatic carbocycles. The smallest absolute Gasteiger partial charge is 0.0667 e. The predicted octanol–water partition coefficient (Wildman–Crippen LogP) is 1.77. The van der Waals surface area contributed by atoms with Gasteiger partial charge in [0.05, 0.1) is 6.10 Å². The SMILES string of the molecule is CC(O)C1CCCCN1CCCCCCO. The van der Waals surface area contributed by atoms with Crippen LogP contribution < -0.4 is 0 Å². The van der Waals surface area contributed by atoms with Gasteiger partial charge in [0.25, 0.3) is 0 Å². The molecule has 2 unspecified atom stereocenters. The first kappa shape index (κ1) is 13.9. The summed E-state index contributed by atoms with van der Waals surface area (Å²) in [6.45, 7) is 4.49. The van der Waals surface area contributed by atoms with Crippen molar-refractivity contribution in [1.29, 1.82) is 0 Å². The van der Waals surface area contributed by atoms with Crippen LogP contribution >= 0.6 is 0 Å². The van der Waals surface area contributed by atoms with Crippen molar-refractivity contribution in [2.75, 3.05) is 19.7 Å². The van der Waals surface area contributed by atoms with Gasteiger partial charge in [0.1, 0.15) is 0 Å². The Balaban J connectivity index is 2.17. The van der Waals surface area contributed by atoms with E-state index >= 15 is 0 Å². The summed E-state index contributed by atoms with van der Waals surface area (Å²) in [6.07, 6.45) is 7.94. The summed E-state index contributed by atoms with van der Waals surface area (Å²) in [7, 11) is 0. The van der Waals surface area contributed by atoms with E-state index in [0.29, 0.717) is 12.6 Å². The second kappa shape index (κ2) is 8.04. The van der Waals surface area contributed by atoms with Crippen molar-refractivity contribution < 1.29 is 10.2 Å². The highest BCUT2D eigenvalue weighted by Gasteiger charge is 2.25. The van der Waals surface area contributed by atoms with E-state index in [1.54, 1.807) is 0 Å². The van der Waals surface area contributed by atoms with Crippen molar-refractivity contribution >= 4 is 0 Å². The zero-order valence-electron chi connectivity index (χ0n) is 10.6. The topological polar surface area (TPSA) is 43.7 Å². The Morgan fingerprint density at radius 1 is 1.19 bits per heavy atom. The summed E-state index contributed by atoms with van der Waals surface area (Å²) in [4.78, 5) is 2.45. The number of piperidine rings is 1. The van der Waals surface area contributed by atoms with Gasteiger partial charge in [-0.05, 0) is 45.7 Å². The lowest BCUT2D eigenvalue weighted by Crippen LogP contribution is -2.46. The molecule has 96 valence electrons. The molecule has 0 radical (unpaired) electrons. The van der Waals surface area contributed by atoms with E-state index in [-0.39, 0.29) is 6.10 Å². The van der Waals surface area contributed by atoms with Gasteiger partial charge in [-0.15, -0.1) is 0 Å². The largest absolute Gasteiger partial charge is 0.396 e. The monoisotopic (exact) mass is 229 g/mol. The Morgan fingerprint density at radius 2 is 1.94 bits per heavy atom. The molecule has 3 heteroatoms. The Bertz CT molecular complexity index is 173. The van der Waals surface area contributed by atoms with Crippen molar-refractivity contribution in [1.82, 2.24) is 4.90 Å². The Labute approximate surface area is 99.5 Å². The number of rotatable bonds is 7. The second-order valence-electron chi connectivity index (χ2n) is 4.98. The van der Waals surface area contributed by atoms with Gasteiger partial charge in [-0.1, -0.05) is 19.3 Å². The number of unbranched alkanes of at least 4 members (excludes halogenated alkanes) is 3. The van der Waals surface area contributed by atoms with Crippen LogP contribution in [0.4, 0.5) is 0 Å². The van der Waals surface area contributed by atoms with Gasteiger partial charge < -0.3 is 10.2 Å². The lowest BCUT2D eigenvalue weighted by atomic mass is 9.97. The average Bonchev–Trinajstić information content (AvgIpc) is 2.29. The first-order chi connectivity index (χ1) is 7.75. The fraction of sp³-hybridized carbons (Fsp3) is 1.00. The Hall–Kier alpha value is -0.120. The third kappa shape index (κ3) is 4.81. The molecule has 16 heavy (non-hydrogen) atoms. The van der Waals surface area contributed by atoms with Crippen molar-refractivity contribution in [3.05, 3.63) is 0 Å². The fourth-order valence-corrected chi connectivity index (χ4v) is 2.62. The van der Waals surface area contributed by atoms with Gasteiger partial charge in [0.15, 0.2) is 0 Å². The number of hydrogen-bond acceptors (Lipinski definition) is 3. The number of hydrogen-bond donors (Lipinski definition) is 2. The maximum Gasteiger partial charge on any atom is 0.0667 e. The fourth-order valence-electron chi connectivity index (χ4n) is 2.62. The number of aliphatic hydroxyl groups excluding tert-OH is 2. The number of likely N-dealkylation sites (tertiary alicyclic amines) is 1. The first-order valence-electron chi connectivity index (χ1n) is 6.78. The van der Waals surface area contributed by atoms with E-state index < -0.39 is 0 Å². The normalized spacial score (nSPS) is 24.6. The Morgan fingerprint density at radius 3 is 2.62 bits per heavy atom. The zero-order chi connectivity index (χ0) is 11.8. The molecule has 0 bridgehead atoms. The highest BCUT2D eigenvalue weighted by molar-refractivity contribution is 4.80.